The van der Waals surface area contributed by atoms with Gasteiger partial charge in [-0.2, -0.15) is 0 Å². The number of ether oxygens (including phenoxy) is 1. The van der Waals surface area contributed by atoms with E-state index >= 15 is 0 Å². The predicted octanol–water partition coefficient (Wildman–Crippen LogP) is 2.19. The van der Waals surface area contributed by atoms with E-state index in [1.807, 2.05) is 42.5 Å². The van der Waals surface area contributed by atoms with Crippen LogP contribution in [0.3, 0.4) is 0 Å². The normalized spacial score (nSPS) is 12.5. The maximum atomic E-state index is 11.5. The van der Waals surface area contributed by atoms with Crippen LogP contribution in [0.5, 0.6) is 5.75 Å². The lowest BCUT2D eigenvalue weighted by atomic mass is 9.99. The Morgan fingerprint density at radius 3 is 2.48 bits per heavy atom. The van der Waals surface area contributed by atoms with Gasteiger partial charge in [-0.1, -0.05) is 18.2 Å². The molecule has 1 atom stereocenters. The molecule has 0 aliphatic carbocycles. The number of rotatable bonds is 3. The van der Waals surface area contributed by atoms with Gasteiger partial charge in [-0.05, 0) is 35.4 Å². The molecular weight excluding hydrogens is 268 g/mol. The predicted molar refractivity (Wildman–Crippen MR) is 80.5 cm³/mol. The molecule has 0 aliphatic rings. The number of methoxy groups -OCH3 is 1. The van der Waals surface area contributed by atoms with Gasteiger partial charge in [0.05, 0.1) is 18.7 Å². The second kappa shape index (κ2) is 5.10. The first-order chi connectivity index (χ1) is 10.1. The first-order valence-electron chi connectivity index (χ1n) is 6.59. The molecule has 1 heterocycles. The smallest absolute Gasteiger partial charge is 0.419 e. The molecule has 0 aliphatic heterocycles. The molecule has 3 aromatic rings. The second-order valence-electron chi connectivity index (χ2n) is 4.90. The molecule has 1 aromatic heterocycles. The summed E-state index contributed by atoms with van der Waals surface area (Å²) in [6, 6.07) is 12.9. The van der Waals surface area contributed by atoms with Crippen molar-refractivity contribution in [2.45, 2.75) is 6.04 Å². The summed E-state index contributed by atoms with van der Waals surface area (Å²) in [5.74, 6) is 0.413. The van der Waals surface area contributed by atoms with Crippen LogP contribution in [-0.4, -0.2) is 11.7 Å². The van der Waals surface area contributed by atoms with Crippen molar-refractivity contribution in [3.8, 4) is 5.75 Å². The molecule has 0 fully saturated rings. The van der Waals surface area contributed by atoms with Crippen LogP contribution in [0.2, 0.25) is 0 Å². The first kappa shape index (κ1) is 13.5. The quantitative estimate of drug-likeness (QED) is 0.800. The summed E-state index contributed by atoms with van der Waals surface area (Å²) in [7, 11) is 3.30. The van der Waals surface area contributed by atoms with Crippen LogP contribution in [0.1, 0.15) is 17.2 Å². The Bertz CT molecular complexity index is 831. The van der Waals surface area contributed by atoms with E-state index in [1.54, 1.807) is 14.2 Å². The van der Waals surface area contributed by atoms with Gasteiger partial charge in [0.25, 0.3) is 0 Å². The minimum Gasteiger partial charge on any atom is -0.497 e. The van der Waals surface area contributed by atoms with Crippen molar-refractivity contribution in [2.75, 3.05) is 7.11 Å². The molecule has 0 saturated carbocycles. The Balaban J connectivity index is 2.00. The van der Waals surface area contributed by atoms with Gasteiger partial charge in [0.2, 0.25) is 0 Å². The van der Waals surface area contributed by atoms with E-state index < -0.39 is 0 Å². The minimum atomic E-state index is -0.375. The Morgan fingerprint density at radius 1 is 1.14 bits per heavy atom. The number of benzene rings is 2. The average Bonchev–Trinajstić information content (AvgIpc) is 2.81. The van der Waals surface area contributed by atoms with E-state index in [9.17, 15) is 4.79 Å². The zero-order valence-electron chi connectivity index (χ0n) is 11.9. The maximum absolute atomic E-state index is 11.5. The highest BCUT2D eigenvalue weighted by Gasteiger charge is 2.12. The summed E-state index contributed by atoms with van der Waals surface area (Å²) >= 11 is 0. The summed E-state index contributed by atoms with van der Waals surface area (Å²) in [6.45, 7) is 0. The van der Waals surface area contributed by atoms with Gasteiger partial charge in [0, 0.05) is 7.05 Å². The number of nitrogens with zero attached hydrogens (tertiary/aromatic N) is 1. The van der Waals surface area contributed by atoms with E-state index in [0.717, 1.165) is 22.4 Å². The first-order valence-corrected chi connectivity index (χ1v) is 6.59. The van der Waals surface area contributed by atoms with Crippen LogP contribution in [0.25, 0.3) is 11.1 Å². The molecule has 5 nitrogen and oxygen atoms in total. The molecule has 21 heavy (non-hydrogen) atoms. The number of nitrogens with two attached hydrogens (primary N) is 1. The van der Waals surface area contributed by atoms with Crippen molar-refractivity contribution >= 4 is 11.1 Å². The third kappa shape index (κ3) is 2.32. The van der Waals surface area contributed by atoms with Gasteiger partial charge < -0.3 is 14.9 Å². The lowest BCUT2D eigenvalue weighted by molar-refractivity contribution is 0.414. The number of oxazole rings is 1. The van der Waals surface area contributed by atoms with Crippen LogP contribution in [0.15, 0.2) is 51.7 Å². The topological polar surface area (TPSA) is 70.4 Å². The summed E-state index contributed by atoms with van der Waals surface area (Å²) in [5.41, 5.74) is 9.43. The lowest BCUT2D eigenvalue weighted by Crippen LogP contribution is -2.11. The van der Waals surface area contributed by atoms with E-state index in [-0.39, 0.29) is 11.8 Å². The molecule has 1 unspecified atom stereocenters. The van der Waals surface area contributed by atoms with E-state index in [0.29, 0.717) is 5.58 Å². The number of fused-ring (bicyclic) bond motifs is 1. The van der Waals surface area contributed by atoms with Crippen molar-refractivity contribution in [3.05, 3.63) is 64.1 Å². The van der Waals surface area contributed by atoms with Gasteiger partial charge in [-0.15, -0.1) is 0 Å². The molecule has 0 bridgehead atoms. The van der Waals surface area contributed by atoms with Crippen molar-refractivity contribution in [1.82, 2.24) is 4.57 Å². The molecular formula is C16H16N2O3. The van der Waals surface area contributed by atoms with Gasteiger partial charge in [-0.25, -0.2) is 4.79 Å². The van der Waals surface area contributed by atoms with Crippen LogP contribution >= 0.6 is 0 Å². The standard InChI is InChI=1S/C16H16N2O3/c1-18-13-8-5-11(9-14(13)21-16(18)19)15(17)10-3-6-12(20-2)7-4-10/h3-9,15H,17H2,1-2H3. The van der Waals surface area contributed by atoms with E-state index in [2.05, 4.69) is 0 Å². The molecule has 2 aromatic carbocycles. The third-order valence-electron chi connectivity index (χ3n) is 3.65. The van der Waals surface area contributed by atoms with Crippen molar-refractivity contribution in [2.24, 2.45) is 12.8 Å². The summed E-state index contributed by atoms with van der Waals surface area (Å²) in [5, 5.41) is 0. The Labute approximate surface area is 121 Å². The summed E-state index contributed by atoms with van der Waals surface area (Å²) in [4.78, 5) is 11.5. The van der Waals surface area contributed by atoms with Crippen LogP contribution < -0.4 is 16.2 Å². The fraction of sp³-hybridized carbons (Fsp3) is 0.188. The van der Waals surface area contributed by atoms with Gasteiger partial charge >= 0.3 is 5.76 Å². The van der Waals surface area contributed by atoms with Crippen molar-refractivity contribution < 1.29 is 9.15 Å². The van der Waals surface area contributed by atoms with Crippen molar-refractivity contribution in [3.63, 3.8) is 0 Å². The average molecular weight is 284 g/mol. The summed E-state index contributed by atoms with van der Waals surface area (Å²) in [6.07, 6.45) is 0. The molecule has 0 saturated heterocycles. The van der Waals surface area contributed by atoms with Crippen molar-refractivity contribution in [1.29, 1.82) is 0 Å². The van der Waals surface area contributed by atoms with Crippen LogP contribution in [-0.2, 0) is 7.05 Å². The zero-order valence-corrected chi connectivity index (χ0v) is 11.9. The van der Waals surface area contributed by atoms with E-state index in [1.165, 1.54) is 4.57 Å². The monoisotopic (exact) mass is 284 g/mol. The highest BCUT2D eigenvalue weighted by atomic mass is 16.5. The minimum absolute atomic E-state index is 0.286. The number of hydrogen-bond donors (Lipinski definition) is 1. The van der Waals surface area contributed by atoms with Gasteiger partial charge in [-0.3, -0.25) is 4.57 Å². The fourth-order valence-electron chi connectivity index (χ4n) is 2.35. The molecule has 0 amide bonds. The number of aromatic nitrogens is 1. The lowest BCUT2D eigenvalue weighted by Gasteiger charge is -2.13. The van der Waals surface area contributed by atoms with E-state index in [4.69, 9.17) is 14.9 Å². The SMILES string of the molecule is COc1ccc(C(N)c2ccc3c(c2)oc(=O)n3C)cc1. The Kier molecular flexibility index (Phi) is 3.27. The van der Waals surface area contributed by atoms with Gasteiger partial charge in [0.1, 0.15) is 5.75 Å². The molecule has 2 N–H and O–H groups in total. The Morgan fingerprint density at radius 2 is 1.81 bits per heavy atom. The van der Waals surface area contributed by atoms with Crippen LogP contribution in [0, 0.1) is 0 Å². The summed E-state index contributed by atoms with van der Waals surface area (Å²) < 4.78 is 11.8. The molecule has 0 radical (unpaired) electrons. The molecule has 3 rings (SSSR count). The molecule has 108 valence electrons. The maximum Gasteiger partial charge on any atom is 0.419 e. The highest BCUT2D eigenvalue weighted by molar-refractivity contribution is 5.74. The number of hydrogen-bond acceptors (Lipinski definition) is 4. The Hall–Kier alpha value is -2.53. The second-order valence-corrected chi connectivity index (χ2v) is 4.90. The fourth-order valence-corrected chi connectivity index (χ4v) is 2.35. The third-order valence-corrected chi connectivity index (χ3v) is 3.65. The molecule has 0 spiro atoms. The number of aryl methyl sites for hydroxylation is 1. The largest absolute Gasteiger partial charge is 0.497 e. The highest BCUT2D eigenvalue weighted by Crippen LogP contribution is 2.24. The molecule has 5 heteroatoms. The zero-order chi connectivity index (χ0) is 15.0. The van der Waals surface area contributed by atoms with Crippen LogP contribution in [0.4, 0.5) is 0 Å². The van der Waals surface area contributed by atoms with Gasteiger partial charge in [0.15, 0.2) is 5.58 Å².